The molecule has 1 aliphatic rings. The number of carbonyl (C=O) groups is 1. The van der Waals surface area contributed by atoms with E-state index >= 15 is 0 Å². The molecular formula is C19H23F3N4O2S. The number of likely N-dealkylation sites (tertiary alicyclic amines) is 1. The van der Waals surface area contributed by atoms with Crippen LogP contribution in [-0.2, 0) is 4.79 Å². The molecule has 0 radical (unpaired) electrons. The Hall–Kier alpha value is -2.33. The molecule has 2 heterocycles. The second kappa shape index (κ2) is 7.83. The number of alkyl halides is 3. The van der Waals surface area contributed by atoms with Crippen molar-refractivity contribution in [3.8, 4) is 5.75 Å². The number of aromatic nitrogens is 1. The van der Waals surface area contributed by atoms with Crippen molar-refractivity contribution in [3.63, 3.8) is 0 Å². The maximum atomic E-state index is 12.8. The monoisotopic (exact) mass is 428 g/mol. The summed E-state index contributed by atoms with van der Waals surface area (Å²) in [5.74, 6) is -0.545. The number of fused-ring (bicyclic) bond motifs is 1. The van der Waals surface area contributed by atoms with Crippen molar-refractivity contribution in [2.75, 3.05) is 18.4 Å². The van der Waals surface area contributed by atoms with Crippen LogP contribution in [0.15, 0.2) is 30.5 Å². The van der Waals surface area contributed by atoms with Gasteiger partial charge in [0.15, 0.2) is 5.13 Å². The van der Waals surface area contributed by atoms with Crippen molar-refractivity contribution in [1.82, 2.24) is 9.88 Å². The Morgan fingerprint density at radius 2 is 2.17 bits per heavy atom. The van der Waals surface area contributed by atoms with Crippen molar-refractivity contribution in [3.05, 3.63) is 30.5 Å². The van der Waals surface area contributed by atoms with Crippen LogP contribution < -0.4 is 15.8 Å². The maximum Gasteiger partial charge on any atom is 0.573 e. The van der Waals surface area contributed by atoms with Gasteiger partial charge >= 0.3 is 6.36 Å². The summed E-state index contributed by atoms with van der Waals surface area (Å²) < 4.78 is 41.6. The lowest BCUT2D eigenvalue weighted by atomic mass is 9.89. The number of ether oxygens (including phenoxy) is 1. The Balaban J connectivity index is 1.74. The molecule has 1 saturated heterocycles. The van der Waals surface area contributed by atoms with Gasteiger partial charge in [0.05, 0.1) is 10.2 Å². The molecule has 0 bridgehead atoms. The first-order chi connectivity index (χ1) is 13.5. The summed E-state index contributed by atoms with van der Waals surface area (Å²) in [4.78, 5) is 19.1. The van der Waals surface area contributed by atoms with E-state index in [1.807, 2.05) is 18.7 Å². The van der Waals surface area contributed by atoms with Gasteiger partial charge in [0.2, 0.25) is 5.91 Å². The maximum absolute atomic E-state index is 12.8. The Morgan fingerprint density at radius 1 is 1.45 bits per heavy atom. The number of rotatable bonds is 6. The third kappa shape index (κ3) is 4.81. The van der Waals surface area contributed by atoms with E-state index in [9.17, 15) is 18.0 Å². The molecule has 0 unspecified atom stereocenters. The largest absolute Gasteiger partial charge is 0.573 e. The Bertz CT molecular complexity index is 926. The number of hydrogen-bond donors (Lipinski definition) is 2. The zero-order valence-electron chi connectivity index (χ0n) is 16.2. The Morgan fingerprint density at radius 3 is 2.83 bits per heavy atom. The summed E-state index contributed by atoms with van der Waals surface area (Å²) in [7, 11) is 0. The van der Waals surface area contributed by atoms with Crippen LogP contribution in [0.3, 0.4) is 0 Å². The molecule has 10 heteroatoms. The van der Waals surface area contributed by atoms with Gasteiger partial charge in [0, 0.05) is 30.3 Å². The molecule has 0 saturated carbocycles. The van der Waals surface area contributed by atoms with Gasteiger partial charge in [0.1, 0.15) is 11.8 Å². The van der Waals surface area contributed by atoms with Crippen molar-refractivity contribution in [2.45, 2.75) is 39.1 Å². The summed E-state index contributed by atoms with van der Waals surface area (Å²) in [5.41, 5.74) is 6.81. The zero-order valence-corrected chi connectivity index (χ0v) is 17.0. The molecule has 1 aliphatic heterocycles. The lowest BCUT2D eigenvalue weighted by molar-refractivity contribution is -0.274. The number of benzene rings is 1. The number of hydrogen-bond acceptors (Lipinski definition) is 6. The van der Waals surface area contributed by atoms with E-state index in [2.05, 4.69) is 21.6 Å². The standard InChI is InChI=1S/C19H23F3N4O2S/c1-11(18(2,3)10-23)26-8-4-5-14(26)16(27)25-17-24-13-7-6-12(9-15(13)29-17)28-19(20,21)22/h6-7,9,14H,1,4-5,8,10,23H2,2-3H3,(H,24,25,27)/t14-/m1/s1. The summed E-state index contributed by atoms with van der Waals surface area (Å²) >= 11 is 1.09. The van der Waals surface area contributed by atoms with Crippen molar-refractivity contribution in [1.29, 1.82) is 0 Å². The molecule has 158 valence electrons. The van der Waals surface area contributed by atoms with Crippen LogP contribution in [0.5, 0.6) is 5.75 Å². The lowest BCUT2D eigenvalue weighted by Gasteiger charge is -2.36. The minimum absolute atomic E-state index is 0.220. The van der Waals surface area contributed by atoms with Crippen LogP contribution in [0.25, 0.3) is 10.2 Å². The van der Waals surface area contributed by atoms with Crippen LogP contribution in [0.2, 0.25) is 0 Å². The van der Waals surface area contributed by atoms with Gasteiger partial charge < -0.3 is 20.7 Å². The minimum atomic E-state index is -4.76. The number of nitrogens with zero attached hydrogens (tertiary/aromatic N) is 2. The number of nitrogens with one attached hydrogen (secondary N) is 1. The molecule has 0 aliphatic carbocycles. The van der Waals surface area contributed by atoms with Gasteiger partial charge in [-0.25, -0.2) is 4.98 Å². The molecule has 3 rings (SSSR count). The van der Waals surface area contributed by atoms with Gasteiger partial charge in [-0.2, -0.15) is 0 Å². The van der Waals surface area contributed by atoms with Crippen molar-refractivity contribution < 1.29 is 22.7 Å². The van der Waals surface area contributed by atoms with Crippen molar-refractivity contribution in [2.24, 2.45) is 11.1 Å². The van der Waals surface area contributed by atoms with Gasteiger partial charge in [-0.3, -0.25) is 4.79 Å². The molecule has 29 heavy (non-hydrogen) atoms. The highest BCUT2D eigenvalue weighted by Gasteiger charge is 2.36. The third-order valence-electron chi connectivity index (χ3n) is 5.02. The number of anilines is 1. The summed E-state index contributed by atoms with van der Waals surface area (Å²) in [6, 6.07) is 3.49. The fourth-order valence-corrected chi connectivity index (χ4v) is 4.11. The van der Waals surface area contributed by atoms with E-state index in [4.69, 9.17) is 5.73 Å². The van der Waals surface area contributed by atoms with E-state index in [0.717, 1.165) is 30.0 Å². The summed E-state index contributed by atoms with van der Waals surface area (Å²) in [6.45, 7) is 9.24. The fourth-order valence-electron chi connectivity index (χ4n) is 3.21. The fraction of sp³-hybridized carbons (Fsp3) is 0.474. The first-order valence-corrected chi connectivity index (χ1v) is 9.95. The van der Waals surface area contributed by atoms with Gasteiger partial charge in [-0.1, -0.05) is 31.8 Å². The first kappa shape index (κ1) is 21.4. The van der Waals surface area contributed by atoms with E-state index in [1.165, 1.54) is 18.2 Å². The zero-order chi connectivity index (χ0) is 21.4. The molecule has 0 spiro atoms. The molecule has 1 atom stereocenters. The van der Waals surface area contributed by atoms with Crippen molar-refractivity contribution >= 4 is 32.6 Å². The topological polar surface area (TPSA) is 80.5 Å². The Labute approximate surface area is 170 Å². The predicted octanol–water partition coefficient (Wildman–Crippen LogP) is 4.10. The Kier molecular flexibility index (Phi) is 5.77. The van der Waals surface area contributed by atoms with E-state index in [0.29, 0.717) is 28.3 Å². The molecule has 1 amide bonds. The van der Waals surface area contributed by atoms with Gasteiger partial charge in [0.25, 0.3) is 0 Å². The van der Waals surface area contributed by atoms with Crippen LogP contribution in [0.1, 0.15) is 26.7 Å². The van der Waals surface area contributed by atoms with Gasteiger partial charge in [-0.15, -0.1) is 13.2 Å². The molecule has 6 nitrogen and oxygen atoms in total. The summed E-state index contributed by atoms with van der Waals surface area (Å²) in [5, 5.41) is 3.11. The highest BCUT2D eigenvalue weighted by atomic mass is 32.1. The normalized spacial score (nSPS) is 17.6. The number of halogens is 3. The molecule has 1 aromatic heterocycles. The van der Waals surface area contributed by atoms with E-state index in [1.54, 1.807) is 0 Å². The first-order valence-electron chi connectivity index (χ1n) is 9.13. The highest BCUT2D eigenvalue weighted by Crippen LogP contribution is 2.34. The molecule has 2 aromatic rings. The number of amides is 1. The second-order valence-electron chi connectivity index (χ2n) is 7.57. The molecule has 1 aromatic carbocycles. The number of thiazole rings is 1. The predicted molar refractivity (Wildman–Crippen MR) is 107 cm³/mol. The van der Waals surface area contributed by atoms with Crippen LogP contribution in [-0.4, -0.2) is 41.3 Å². The van der Waals surface area contributed by atoms with Crippen LogP contribution in [0, 0.1) is 5.41 Å². The second-order valence-corrected chi connectivity index (χ2v) is 8.60. The molecule has 3 N–H and O–H groups in total. The van der Waals surface area contributed by atoms with Gasteiger partial charge in [-0.05, 0) is 25.0 Å². The SMILES string of the molecule is C=C(N1CCC[C@@H]1C(=O)Nc1nc2ccc(OC(F)(F)F)cc2s1)C(C)(C)CN. The smallest absolute Gasteiger partial charge is 0.406 e. The quantitative estimate of drug-likeness (QED) is 0.724. The van der Waals surface area contributed by atoms with E-state index in [-0.39, 0.29) is 23.1 Å². The lowest BCUT2D eigenvalue weighted by Crippen LogP contribution is -2.43. The summed E-state index contributed by atoms with van der Waals surface area (Å²) in [6.07, 6.45) is -3.23. The highest BCUT2D eigenvalue weighted by molar-refractivity contribution is 7.22. The molecular weight excluding hydrogens is 405 g/mol. The third-order valence-corrected chi connectivity index (χ3v) is 5.95. The van der Waals surface area contributed by atoms with Crippen LogP contribution in [0.4, 0.5) is 18.3 Å². The van der Waals surface area contributed by atoms with Crippen LogP contribution >= 0.6 is 11.3 Å². The molecule has 1 fully saturated rings. The minimum Gasteiger partial charge on any atom is -0.406 e. The number of carbonyl (C=O) groups excluding carboxylic acids is 1. The number of nitrogens with two attached hydrogens (primary N) is 1. The van der Waals surface area contributed by atoms with E-state index < -0.39 is 6.36 Å². The average molecular weight is 428 g/mol. The average Bonchev–Trinajstić information content (AvgIpc) is 3.25.